The number of carbonyl (C=O) groups is 1. The quantitative estimate of drug-likeness (QED) is 0.642. The summed E-state index contributed by atoms with van der Waals surface area (Å²) in [5.41, 5.74) is 2.20. The number of anilines is 1. The van der Waals surface area contributed by atoms with Gasteiger partial charge in [0.2, 0.25) is 5.13 Å². The van der Waals surface area contributed by atoms with E-state index in [1.165, 1.54) is 11.3 Å². The van der Waals surface area contributed by atoms with Gasteiger partial charge in [0.1, 0.15) is 5.01 Å². The molecule has 1 aromatic carbocycles. The summed E-state index contributed by atoms with van der Waals surface area (Å²) in [6, 6.07) is 7.76. The zero-order valence-electron chi connectivity index (χ0n) is 14.0. The summed E-state index contributed by atoms with van der Waals surface area (Å²) >= 11 is 4.83. The lowest BCUT2D eigenvalue weighted by molar-refractivity contribution is 0.102. The van der Waals surface area contributed by atoms with Crippen molar-refractivity contribution in [2.45, 2.75) is 33.1 Å². The number of halogens is 1. The lowest BCUT2D eigenvalue weighted by Gasteiger charge is -2.05. The zero-order valence-corrected chi connectivity index (χ0v) is 16.4. The Labute approximate surface area is 158 Å². The van der Waals surface area contributed by atoms with Gasteiger partial charge in [-0.3, -0.25) is 10.1 Å². The van der Waals surface area contributed by atoms with Crippen LogP contribution in [-0.4, -0.2) is 25.9 Å². The Kier molecular flexibility index (Phi) is 5.60. The normalized spacial score (nSPS) is 10.8. The second kappa shape index (κ2) is 7.88. The molecule has 0 saturated heterocycles. The first-order valence-corrected chi connectivity index (χ1v) is 9.63. The Morgan fingerprint density at radius 1 is 1.28 bits per heavy atom. The van der Waals surface area contributed by atoms with Crippen LogP contribution in [0.3, 0.4) is 0 Å². The molecule has 3 rings (SSSR count). The molecule has 2 heterocycles. The van der Waals surface area contributed by atoms with Gasteiger partial charge in [0.15, 0.2) is 0 Å². The lowest BCUT2D eigenvalue weighted by Crippen LogP contribution is -2.13. The highest BCUT2D eigenvalue weighted by Crippen LogP contribution is 2.20. The summed E-state index contributed by atoms with van der Waals surface area (Å²) in [5, 5.41) is 16.8. The third-order valence-corrected chi connectivity index (χ3v) is 5.18. The average molecular weight is 420 g/mol. The van der Waals surface area contributed by atoms with Gasteiger partial charge >= 0.3 is 0 Å². The molecule has 0 fully saturated rings. The summed E-state index contributed by atoms with van der Waals surface area (Å²) < 4.78 is 2.74. The van der Waals surface area contributed by atoms with Gasteiger partial charge in [-0.25, -0.2) is 4.68 Å². The maximum Gasteiger partial charge on any atom is 0.260 e. The molecule has 0 bridgehead atoms. The number of nitrogens with one attached hydrogen (secondary N) is 1. The fourth-order valence-electron chi connectivity index (χ4n) is 2.37. The van der Waals surface area contributed by atoms with Crippen molar-refractivity contribution in [1.82, 2.24) is 20.0 Å². The van der Waals surface area contributed by atoms with Crippen LogP contribution in [0.15, 0.2) is 34.9 Å². The van der Waals surface area contributed by atoms with E-state index in [1.54, 1.807) is 10.9 Å². The lowest BCUT2D eigenvalue weighted by atomic mass is 10.2. The van der Waals surface area contributed by atoms with Crippen LogP contribution in [0.5, 0.6) is 0 Å². The number of nitrogens with zero attached hydrogens (tertiary/aromatic N) is 4. The van der Waals surface area contributed by atoms with Gasteiger partial charge in [-0.1, -0.05) is 40.6 Å². The van der Waals surface area contributed by atoms with Crippen LogP contribution in [-0.2, 0) is 6.42 Å². The number of amides is 1. The van der Waals surface area contributed by atoms with Gasteiger partial charge in [0, 0.05) is 10.9 Å². The van der Waals surface area contributed by atoms with Gasteiger partial charge in [-0.15, -0.1) is 10.2 Å². The summed E-state index contributed by atoms with van der Waals surface area (Å²) in [6.45, 7) is 4.01. The van der Waals surface area contributed by atoms with Crippen LogP contribution in [0.25, 0.3) is 5.69 Å². The van der Waals surface area contributed by atoms with E-state index in [4.69, 9.17) is 0 Å². The van der Waals surface area contributed by atoms with Crippen molar-refractivity contribution in [2.24, 2.45) is 0 Å². The third kappa shape index (κ3) is 4.13. The molecule has 0 aliphatic carbocycles. The molecule has 0 radical (unpaired) electrons. The number of rotatable bonds is 6. The van der Waals surface area contributed by atoms with Crippen molar-refractivity contribution in [3.8, 4) is 5.69 Å². The van der Waals surface area contributed by atoms with E-state index in [9.17, 15) is 4.79 Å². The van der Waals surface area contributed by atoms with Crippen LogP contribution in [0.4, 0.5) is 5.13 Å². The first-order valence-electron chi connectivity index (χ1n) is 8.02. The first kappa shape index (κ1) is 17.8. The maximum atomic E-state index is 12.5. The second-order valence-corrected chi connectivity index (χ2v) is 7.57. The van der Waals surface area contributed by atoms with Crippen LogP contribution < -0.4 is 5.32 Å². The molecule has 0 saturated carbocycles. The highest BCUT2D eigenvalue weighted by molar-refractivity contribution is 9.10. The largest absolute Gasteiger partial charge is 0.296 e. The molecule has 0 aliphatic rings. The van der Waals surface area contributed by atoms with Crippen molar-refractivity contribution in [2.75, 3.05) is 5.32 Å². The minimum Gasteiger partial charge on any atom is -0.296 e. The number of aromatic nitrogens is 4. The number of unbranched alkanes of at least 4 members (excludes halogenated alkanes) is 1. The van der Waals surface area contributed by atoms with E-state index in [-0.39, 0.29) is 5.91 Å². The molecule has 0 spiro atoms. The summed E-state index contributed by atoms with van der Waals surface area (Å²) in [7, 11) is 0. The number of carbonyl (C=O) groups excluding carboxylic acids is 1. The fourth-order valence-corrected chi connectivity index (χ4v) is 3.41. The minimum atomic E-state index is -0.223. The van der Waals surface area contributed by atoms with E-state index in [2.05, 4.69) is 43.5 Å². The topological polar surface area (TPSA) is 72.7 Å². The monoisotopic (exact) mass is 419 g/mol. The van der Waals surface area contributed by atoms with Crippen LogP contribution in [0, 0.1) is 6.92 Å². The SMILES string of the molecule is CCCCc1nnc(NC(=O)c2cnn(-c3ccc(Br)cc3)c2C)s1. The number of benzene rings is 1. The van der Waals surface area contributed by atoms with Crippen molar-refractivity contribution in [3.05, 3.63) is 51.2 Å². The molecule has 6 nitrogen and oxygen atoms in total. The fraction of sp³-hybridized carbons (Fsp3) is 0.294. The molecule has 3 aromatic rings. The zero-order chi connectivity index (χ0) is 17.8. The highest BCUT2D eigenvalue weighted by atomic mass is 79.9. The molecular weight excluding hydrogens is 402 g/mol. The molecule has 0 unspecified atom stereocenters. The van der Waals surface area contributed by atoms with Crippen molar-refractivity contribution >= 4 is 38.3 Å². The van der Waals surface area contributed by atoms with Gasteiger partial charge in [-0.2, -0.15) is 5.10 Å². The number of hydrogen-bond acceptors (Lipinski definition) is 5. The predicted octanol–water partition coefficient (Wildman–Crippen LogP) is 4.39. The van der Waals surface area contributed by atoms with E-state index in [0.717, 1.165) is 40.1 Å². The molecule has 0 aliphatic heterocycles. The standard InChI is InChI=1S/C17H18BrN5OS/c1-3-4-5-15-21-22-17(25-15)20-16(24)14-10-19-23(11(14)2)13-8-6-12(18)7-9-13/h6-10H,3-5H2,1-2H3,(H,20,22,24). The third-order valence-electron chi connectivity index (χ3n) is 3.76. The molecule has 130 valence electrons. The molecule has 1 amide bonds. The Bertz CT molecular complexity index is 872. The Morgan fingerprint density at radius 2 is 2.04 bits per heavy atom. The van der Waals surface area contributed by atoms with Crippen LogP contribution in [0.2, 0.25) is 0 Å². The Balaban J connectivity index is 1.74. The number of aryl methyl sites for hydroxylation is 1. The molecule has 0 atom stereocenters. The molecule has 25 heavy (non-hydrogen) atoms. The molecule has 2 aromatic heterocycles. The number of hydrogen-bond donors (Lipinski definition) is 1. The van der Waals surface area contributed by atoms with Gasteiger partial charge in [-0.05, 0) is 37.6 Å². The van der Waals surface area contributed by atoms with E-state index in [0.29, 0.717) is 10.7 Å². The maximum absolute atomic E-state index is 12.5. The summed E-state index contributed by atoms with van der Waals surface area (Å²) in [6.07, 6.45) is 4.65. The first-order chi connectivity index (χ1) is 12.1. The van der Waals surface area contributed by atoms with Crippen molar-refractivity contribution in [3.63, 3.8) is 0 Å². The second-order valence-electron chi connectivity index (χ2n) is 5.59. The average Bonchev–Trinajstić information content (AvgIpc) is 3.20. The van der Waals surface area contributed by atoms with Gasteiger partial charge in [0.25, 0.3) is 5.91 Å². The minimum absolute atomic E-state index is 0.223. The van der Waals surface area contributed by atoms with Gasteiger partial charge in [0.05, 0.1) is 23.1 Å². The van der Waals surface area contributed by atoms with Gasteiger partial charge < -0.3 is 0 Å². The predicted molar refractivity (Wildman–Crippen MR) is 102 cm³/mol. The van der Waals surface area contributed by atoms with E-state index < -0.39 is 0 Å². The van der Waals surface area contributed by atoms with Crippen molar-refractivity contribution in [1.29, 1.82) is 0 Å². The van der Waals surface area contributed by atoms with E-state index in [1.807, 2.05) is 31.2 Å². The van der Waals surface area contributed by atoms with Crippen molar-refractivity contribution < 1.29 is 4.79 Å². The molecular formula is C17H18BrN5OS. The van der Waals surface area contributed by atoms with E-state index >= 15 is 0 Å². The Hall–Kier alpha value is -2.06. The highest BCUT2D eigenvalue weighted by Gasteiger charge is 2.17. The summed E-state index contributed by atoms with van der Waals surface area (Å²) in [5.74, 6) is -0.223. The smallest absolute Gasteiger partial charge is 0.260 e. The van der Waals surface area contributed by atoms with Crippen LogP contribution >= 0.6 is 27.3 Å². The molecule has 1 N–H and O–H groups in total. The van der Waals surface area contributed by atoms with Crippen LogP contribution in [0.1, 0.15) is 40.8 Å². The summed E-state index contributed by atoms with van der Waals surface area (Å²) in [4.78, 5) is 12.5. The Morgan fingerprint density at radius 3 is 2.76 bits per heavy atom. The molecule has 8 heteroatoms.